The summed E-state index contributed by atoms with van der Waals surface area (Å²) in [4.78, 5) is 11.4. The zero-order valence-electron chi connectivity index (χ0n) is 9.30. The van der Waals surface area contributed by atoms with E-state index in [1.54, 1.807) is 0 Å². The second-order valence-corrected chi connectivity index (χ2v) is 4.14. The van der Waals surface area contributed by atoms with Crippen LogP contribution in [0, 0.1) is 11.6 Å². The molecule has 1 aliphatic heterocycles. The Bertz CT molecular complexity index is 403. The van der Waals surface area contributed by atoms with Crippen molar-refractivity contribution in [3.05, 3.63) is 35.4 Å². The Morgan fingerprint density at radius 3 is 2.65 bits per heavy atom. The number of nitrogens with one attached hydrogen (secondary N) is 2. The Morgan fingerprint density at radius 2 is 2.00 bits per heavy atom. The van der Waals surface area contributed by atoms with Gasteiger partial charge in [0.25, 0.3) is 0 Å². The van der Waals surface area contributed by atoms with Gasteiger partial charge in [-0.15, -0.1) is 0 Å². The maximum atomic E-state index is 12.9. The van der Waals surface area contributed by atoms with Crippen molar-refractivity contribution in [2.24, 2.45) is 0 Å². The zero-order chi connectivity index (χ0) is 12.3. The molecular formula is C12H14F2N2O. The summed E-state index contributed by atoms with van der Waals surface area (Å²) in [6.07, 6.45) is 1.67. The SMILES string of the molecule is O=C1NCCCC1NCc1cc(F)cc(F)c1. The number of halogens is 2. The van der Waals surface area contributed by atoms with Crippen LogP contribution in [-0.4, -0.2) is 18.5 Å². The van der Waals surface area contributed by atoms with Gasteiger partial charge in [0, 0.05) is 19.2 Å². The lowest BCUT2D eigenvalue weighted by Crippen LogP contribution is -2.47. The van der Waals surface area contributed by atoms with Gasteiger partial charge in [-0.1, -0.05) is 0 Å². The highest BCUT2D eigenvalue weighted by atomic mass is 19.1. The summed E-state index contributed by atoms with van der Waals surface area (Å²) in [7, 11) is 0. The van der Waals surface area contributed by atoms with E-state index in [0.29, 0.717) is 12.1 Å². The number of hydrogen-bond acceptors (Lipinski definition) is 2. The van der Waals surface area contributed by atoms with Crippen molar-refractivity contribution in [1.29, 1.82) is 0 Å². The lowest BCUT2D eigenvalue weighted by molar-refractivity contribution is -0.124. The Balaban J connectivity index is 1.94. The topological polar surface area (TPSA) is 41.1 Å². The second-order valence-electron chi connectivity index (χ2n) is 4.14. The Hall–Kier alpha value is -1.49. The summed E-state index contributed by atoms with van der Waals surface area (Å²) in [5, 5.41) is 5.74. The molecule has 1 aromatic carbocycles. The third-order valence-corrected chi connectivity index (χ3v) is 2.76. The highest BCUT2D eigenvalue weighted by Gasteiger charge is 2.20. The molecule has 0 spiro atoms. The van der Waals surface area contributed by atoms with Crippen LogP contribution in [0.4, 0.5) is 8.78 Å². The normalized spacial score (nSPS) is 20.1. The fourth-order valence-electron chi connectivity index (χ4n) is 1.92. The second kappa shape index (κ2) is 5.23. The maximum absolute atomic E-state index is 12.9. The lowest BCUT2D eigenvalue weighted by Gasteiger charge is -2.22. The number of rotatable bonds is 3. The van der Waals surface area contributed by atoms with Crippen molar-refractivity contribution >= 4 is 5.91 Å². The average molecular weight is 240 g/mol. The van der Waals surface area contributed by atoms with E-state index in [-0.39, 0.29) is 18.5 Å². The first kappa shape index (κ1) is 12.0. The number of amides is 1. The number of hydrogen-bond donors (Lipinski definition) is 2. The van der Waals surface area contributed by atoms with E-state index < -0.39 is 11.6 Å². The molecule has 0 aliphatic carbocycles. The summed E-state index contributed by atoms with van der Waals surface area (Å²) >= 11 is 0. The van der Waals surface area contributed by atoms with Crippen LogP contribution in [0.25, 0.3) is 0 Å². The van der Waals surface area contributed by atoms with Gasteiger partial charge in [0.1, 0.15) is 11.6 Å². The minimum atomic E-state index is -0.602. The van der Waals surface area contributed by atoms with Crippen LogP contribution in [0.1, 0.15) is 18.4 Å². The van der Waals surface area contributed by atoms with Crippen molar-refractivity contribution in [3.8, 4) is 0 Å². The Kier molecular flexibility index (Phi) is 3.68. The largest absolute Gasteiger partial charge is 0.355 e. The first-order valence-corrected chi connectivity index (χ1v) is 5.61. The van der Waals surface area contributed by atoms with Crippen LogP contribution in [0.15, 0.2) is 18.2 Å². The maximum Gasteiger partial charge on any atom is 0.237 e. The van der Waals surface area contributed by atoms with Gasteiger partial charge in [-0.3, -0.25) is 4.79 Å². The Labute approximate surface area is 98.2 Å². The summed E-state index contributed by atoms with van der Waals surface area (Å²) in [5.74, 6) is -1.25. The number of carbonyl (C=O) groups excluding carboxylic acids is 1. The van der Waals surface area contributed by atoms with Gasteiger partial charge in [-0.25, -0.2) is 8.78 Å². The van der Waals surface area contributed by atoms with E-state index in [0.717, 1.165) is 18.9 Å². The van der Waals surface area contributed by atoms with E-state index in [1.165, 1.54) is 12.1 Å². The molecule has 0 aromatic heterocycles. The van der Waals surface area contributed by atoms with Crippen molar-refractivity contribution in [2.45, 2.75) is 25.4 Å². The molecule has 3 nitrogen and oxygen atoms in total. The summed E-state index contributed by atoms with van der Waals surface area (Å²) in [5.41, 5.74) is 0.501. The van der Waals surface area contributed by atoms with Crippen LogP contribution in [0.5, 0.6) is 0 Å². The molecule has 1 saturated heterocycles. The molecular weight excluding hydrogens is 226 g/mol. The predicted octanol–water partition coefficient (Wildman–Crippen LogP) is 1.33. The number of carbonyl (C=O) groups is 1. The first-order valence-electron chi connectivity index (χ1n) is 5.61. The highest BCUT2D eigenvalue weighted by Crippen LogP contribution is 2.09. The van der Waals surface area contributed by atoms with Crippen molar-refractivity contribution < 1.29 is 13.6 Å². The van der Waals surface area contributed by atoms with E-state index in [9.17, 15) is 13.6 Å². The Morgan fingerprint density at radius 1 is 1.29 bits per heavy atom. The molecule has 17 heavy (non-hydrogen) atoms. The van der Waals surface area contributed by atoms with E-state index >= 15 is 0 Å². The minimum Gasteiger partial charge on any atom is -0.355 e. The van der Waals surface area contributed by atoms with E-state index in [2.05, 4.69) is 10.6 Å². The van der Waals surface area contributed by atoms with Gasteiger partial charge in [-0.05, 0) is 30.5 Å². The van der Waals surface area contributed by atoms with Gasteiger partial charge in [-0.2, -0.15) is 0 Å². The molecule has 1 heterocycles. The molecule has 1 atom stereocenters. The number of benzene rings is 1. The molecule has 2 N–H and O–H groups in total. The smallest absolute Gasteiger partial charge is 0.237 e. The quantitative estimate of drug-likeness (QED) is 0.837. The van der Waals surface area contributed by atoms with Crippen LogP contribution in [0.3, 0.4) is 0 Å². The standard InChI is InChI=1S/C12H14F2N2O/c13-9-4-8(5-10(14)6-9)7-16-11-2-1-3-15-12(11)17/h4-6,11,16H,1-3,7H2,(H,15,17). The van der Waals surface area contributed by atoms with Gasteiger partial charge in [0.15, 0.2) is 0 Å². The third kappa shape index (κ3) is 3.23. The average Bonchev–Trinajstić information content (AvgIpc) is 2.27. The van der Waals surface area contributed by atoms with E-state index in [4.69, 9.17) is 0 Å². The van der Waals surface area contributed by atoms with Gasteiger partial charge in [0.2, 0.25) is 5.91 Å². The molecule has 0 saturated carbocycles. The summed E-state index contributed by atoms with van der Waals surface area (Å²) in [6.45, 7) is 0.984. The van der Waals surface area contributed by atoms with Crippen molar-refractivity contribution in [3.63, 3.8) is 0 Å². The molecule has 1 aliphatic rings. The van der Waals surface area contributed by atoms with Crippen molar-refractivity contribution in [1.82, 2.24) is 10.6 Å². The van der Waals surface area contributed by atoms with E-state index in [1.807, 2.05) is 0 Å². The van der Waals surface area contributed by atoms with Crippen LogP contribution in [0.2, 0.25) is 0 Å². The van der Waals surface area contributed by atoms with Crippen LogP contribution in [-0.2, 0) is 11.3 Å². The first-order chi connectivity index (χ1) is 8.15. The van der Waals surface area contributed by atoms with Crippen LogP contribution < -0.4 is 10.6 Å². The molecule has 0 radical (unpaired) electrons. The summed E-state index contributed by atoms with van der Waals surface area (Å²) in [6, 6.07) is 3.08. The summed E-state index contributed by atoms with van der Waals surface area (Å²) < 4.78 is 25.8. The molecule has 0 bridgehead atoms. The molecule has 2 rings (SSSR count). The van der Waals surface area contributed by atoms with Crippen molar-refractivity contribution in [2.75, 3.05) is 6.54 Å². The molecule has 92 valence electrons. The van der Waals surface area contributed by atoms with Gasteiger partial charge in [0.05, 0.1) is 6.04 Å². The van der Waals surface area contributed by atoms with Gasteiger partial charge < -0.3 is 10.6 Å². The monoisotopic (exact) mass is 240 g/mol. The molecule has 1 fully saturated rings. The fourth-order valence-corrected chi connectivity index (χ4v) is 1.92. The minimum absolute atomic E-state index is 0.0480. The molecule has 1 amide bonds. The predicted molar refractivity (Wildman–Crippen MR) is 59.2 cm³/mol. The van der Waals surface area contributed by atoms with Crippen LogP contribution >= 0.6 is 0 Å². The van der Waals surface area contributed by atoms with Gasteiger partial charge >= 0.3 is 0 Å². The highest BCUT2D eigenvalue weighted by molar-refractivity contribution is 5.82. The lowest BCUT2D eigenvalue weighted by atomic mass is 10.1. The molecule has 1 unspecified atom stereocenters. The molecule has 1 aromatic rings. The number of piperidine rings is 1. The fraction of sp³-hybridized carbons (Fsp3) is 0.417. The third-order valence-electron chi connectivity index (χ3n) is 2.76. The molecule has 5 heteroatoms. The zero-order valence-corrected chi connectivity index (χ0v) is 9.30.